The first-order valence-electron chi connectivity index (χ1n) is 6.02. The van der Waals surface area contributed by atoms with Crippen molar-refractivity contribution >= 4 is 11.6 Å². The highest BCUT2D eigenvalue weighted by Crippen LogP contribution is 2.22. The molecule has 2 N–H and O–H groups in total. The van der Waals surface area contributed by atoms with E-state index in [0.717, 1.165) is 5.56 Å². The van der Waals surface area contributed by atoms with Gasteiger partial charge in [-0.3, -0.25) is 0 Å². The van der Waals surface area contributed by atoms with Crippen LogP contribution in [0.5, 0.6) is 0 Å². The Bertz CT molecular complexity index is 367. The summed E-state index contributed by atoms with van der Waals surface area (Å²) >= 11 is 5.79. The van der Waals surface area contributed by atoms with Gasteiger partial charge in [0.2, 0.25) is 0 Å². The molecule has 0 heterocycles. The second-order valence-electron chi connectivity index (χ2n) is 4.29. The normalized spacial score (nSPS) is 13.5. The average molecular weight is 296 g/mol. The van der Waals surface area contributed by atoms with E-state index >= 15 is 0 Å². The topological polar surface area (TPSA) is 35.2 Å². The Balaban J connectivity index is 2.31. The molecular weight excluding hydrogens is 279 g/mol. The minimum absolute atomic E-state index is 0.0869. The van der Waals surface area contributed by atoms with E-state index in [-0.39, 0.29) is 12.5 Å². The van der Waals surface area contributed by atoms with E-state index in [1.54, 1.807) is 12.1 Å². The summed E-state index contributed by atoms with van der Waals surface area (Å²) < 4.78 is 40.1. The van der Waals surface area contributed by atoms with E-state index in [0.29, 0.717) is 24.4 Å². The Kier molecular flexibility index (Phi) is 6.62. The maximum absolute atomic E-state index is 11.9. The van der Waals surface area contributed by atoms with Gasteiger partial charge in [-0.15, -0.1) is 0 Å². The molecule has 1 aromatic carbocycles. The van der Waals surface area contributed by atoms with Crippen LogP contribution in [0.15, 0.2) is 24.3 Å². The van der Waals surface area contributed by atoms with Crippen molar-refractivity contribution in [1.82, 2.24) is 0 Å². The van der Waals surface area contributed by atoms with Crippen molar-refractivity contribution in [2.24, 2.45) is 5.73 Å². The molecule has 0 fully saturated rings. The zero-order chi connectivity index (χ0) is 14.3. The monoisotopic (exact) mass is 295 g/mol. The minimum Gasteiger partial charge on any atom is -0.372 e. The lowest BCUT2D eigenvalue weighted by atomic mass is 9.94. The summed E-state index contributed by atoms with van der Waals surface area (Å²) in [6.07, 6.45) is -3.03. The Hall–Kier alpha value is -0.780. The molecule has 0 aliphatic rings. The number of hydrogen-bond acceptors (Lipinski definition) is 2. The standard InChI is InChI=1S/C13H17ClF3NO/c14-12-5-3-10(4-6-12)11(8-18)2-1-7-19-9-13(15,16)17/h3-6,11H,1-2,7-9,18H2. The van der Waals surface area contributed by atoms with Crippen molar-refractivity contribution in [2.45, 2.75) is 24.9 Å². The van der Waals surface area contributed by atoms with Gasteiger partial charge in [0.15, 0.2) is 0 Å². The Morgan fingerprint density at radius 3 is 2.37 bits per heavy atom. The molecule has 2 nitrogen and oxygen atoms in total. The second-order valence-corrected chi connectivity index (χ2v) is 4.73. The van der Waals surface area contributed by atoms with Crippen molar-refractivity contribution in [3.63, 3.8) is 0 Å². The lowest BCUT2D eigenvalue weighted by molar-refractivity contribution is -0.174. The largest absolute Gasteiger partial charge is 0.411 e. The Morgan fingerprint density at radius 1 is 1.21 bits per heavy atom. The van der Waals surface area contributed by atoms with E-state index in [9.17, 15) is 13.2 Å². The zero-order valence-electron chi connectivity index (χ0n) is 10.4. The first-order valence-corrected chi connectivity index (χ1v) is 6.40. The molecule has 0 saturated carbocycles. The van der Waals surface area contributed by atoms with Gasteiger partial charge < -0.3 is 10.5 Å². The summed E-state index contributed by atoms with van der Waals surface area (Å²) in [7, 11) is 0. The van der Waals surface area contributed by atoms with Crippen LogP contribution in [0.1, 0.15) is 24.3 Å². The third kappa shape index (κ3) is 6.80. The minimum atomic E-state index is -4.26. The van der Waals surface area contributed by atoms with E-state index in [1.807, 2.05) is 12.1 Å². The van der Waals surface area contributed by atoms with Gasteiger partial charge in [0.1, 0.15) is 6.61 Å². The van der Waals surface area contributed by atoms with E-state index in [4.69, 9.17) is 17.3 Å². The quantitative estimate of drug-likeness (QED) is 0.778. The SMILES string of the molecule is NCC(CCCOCC(F)(F)F)c1ccc(Cl)cc1. The summed E-state index contributed by atoms with van der Waals surface area (Å²) in [6.45, 7) is -0.661. The fourth-order valence-corrected chi connectivity index (χ4v) is 1.90. The summed E-state index contributed by atoms with van der Waals surface area (Å²) in [6, 6.07) is 7.33. The third-order valence-electron chi connectivity index (χ3n) is 2.73. The van der Waals surface area contributed by atoms with Gasteiger partial charge in [-0.25, -0.2) is 0 Å². The number of alkyl halides is 3. The lowest BCUT2D eigenvalue weighted by Crippen LogP contribution is -2.18. The number of halogens is 4. The highest BCUT2D eigenvalue weighted by atomic mass is 35.5. The third-order valence-corrected chi connectivity index (χ3v) is 2.98. The van der Waals surface area contributed by atoms with Gasteiger partial charge in [0.25, 0.3) is 0 Å². The van der Waals surface area contributed by atoms with Crippen molar-refractivity contribution in [2.75, 3.05) is 19.8 Å². The van der Waals surface area contributed by atoms with Gasteiger partial charge in [0.05, 0.1) is 0 Å². The predicted octanol–water partition coefficient (Wildman–Crippen LogP) is 3.74. The van der Waals surface area contributed by atoms with Crippen LogP contribution in [-0.4, -0.2) is 25.9 Å². The van der Waals surface area contributed by atoms with Gasteiger partial charge in [-0.2, -0.15) is 13.2 Å². The molecule has 0 aliphatic carbocycles. The number of hydrogen-bond donors (Lipinski definition) is 1. The van der Waals surface area contributed by atoms with E-state index in [2.05, 4.69) is 4.74 Å². The van der Waals surface area contributed by atoms with Crippen LogP contribution in [0.4, 0.5) is 13.2 Å². The summed E-state index contributed by atoms with van der Waals surface area (Å²) in [5, 5.41) is 0.646. The molecule has 0 bridgehead atoms. The van der Waals surface area contributed by atoms with Crippen LogP contribution in [-0.2, 0) is 4.74 Å². The van der Waals surface area contributed by atoms with Gasteiger partial charge in [-0.1, -0.05) is 23.7 Å². The number of ether oxygens (including phenoxy) is 1. The molecule has 6 heteroatoms. The molecule has 1 aromatic rings. The van der Waals surface area contributed by atoms with Crippen LogP contribution < -0.4 is 5.73 Å². The van der Waals surface area contributed by atoms with Crippen LogP contribution in [0, 0.1) is 0 Å². The van der Waals surface area contributed by atoms with Gasteiger partial charge in [0, 0.05) is 11.6 Å². The van der Waals surface area contributed by atoms with Crippen LogP contribution in [0.2, 0.25) is 5.02 Å². The van der Waals surface area contributed by atoms with E-state index in [1.165, 1.54) is 0 Å². The molecule has 1 atom stereocenters. The predicted molar refractivity (Wildman–Crippen MR) is 69.4 cm³/mol. The molecule has 0 aliphatic heterocycles. The maximum atomic E-state index is 11.9. The average Bonchev–Trinajstić information content (AvgIpc) is 2.34. The van der Waals surface area contributed by atoms with E-state index < -0.39 is 12.8 Å². The molecule has 1 rings (SSSR count). The second kappa shape index (κ2) is 7.72. The first kappa shape index (κ1) is 16.3. The van der Waals surface area contributed by atoms with Crippen molar-refractivity contribution in [3.8, 4) is 0 Å². The molecule has 0 aromatic heterocycles. The Morgan fingerprint density at radius 2 is 1.84 bits per heavy atom. The zero-order valence-corrected chi connectivity index (χ0v) is 11.2. The molecule has 0 spiro atoms. The van der Waals surface area contributed by atoms with Crippen LogP contribution in [0.25, 0.3) is 0 Å². The summed E-state index contributed by atoms with van der Waals surface area (Å²) in [5.74, 6) is 0.117. The van der Waals surface area contributed by atoms with Crippen molar-refractivity contribution in [1.29, 1.82) is 0 Å². The molecule has 1 unspecified atom stereocenters. The molecule has 0 amide bonds. The van der Waals surface area contributed by atoms with Gasteiger partial charge in [-0.05, 0) is 43.0 Å². The molecule has 108 valence electrons. The summed E-state index contributed by atoms with van der Waals surface area (Å²) in [5.41, 5.74) is 6.72. The number of rotatable bonds is 7. The number of benzene rings is 1. The van der Waals surface area contributed by atoms with Crippen LogP contribution >= 0.6 is 11.6 Å². The van der Waals surface area contributed by atoms with Crippen molar-refractivity contribution in [3.05, 3.63) is 34.9 Å². The summed E-state index contributed by atoms with van der Waals surface area (Å²) in [4.78, 5) is 0. The molecule has 19 heavy (non-hydrogen) atoms. The van der Waals surface area contributed by atoms with Crippen molar-refractivity contribution < 1.29 is 17.9 Å². The lowest BCUT2D eigenvalue weighted by Gasteiger charge is -2.15. The molecular formula is C13H17ClF3NO. The van der Waals surface area contributed by atoms with Gasteiger partial charge >= 0.3 is 6.18 Å². The fourth-order valence-electron chi connectivity index (χ4n) is 1.78. The Labute approximate surface area is 115 Å². The highest BCUT2D eigenvalue weighted by molar-refractivity contribution is 6.30. The van der Waals surface area contributed by atoms with Crippen LogP contribution in [0.3, 0.4) is 0 Å². The maximum Gasteiger partial charge on any atom is 0.411 e. The molecule has 0 saturated heterocycles. The fraction of sp³-hybridized carbons (Fsp3) is 0.538. The smallest absolute Gasteiger partial charge is 0.372 e. The highest BCUT2D eigenvalue weighted by Gasteiger charge is 2.27. The first-order chi connectivity index (χ1) is 8.92. The number of nitrogens with two attached hydrogens (primary N) is 1. The molecule has 0 radical (unpaired) electrons.